The van der Waals surface area contributed by atoms with Crippen LogP contribution in [0.3, 0.4) is 0 Å². The van der Waals surface area contributed by atoms with E-state index in [-0.39, 0.29) is 6.10 Å². The first-order valence-corrected chi connectivity index (χ1v) is 4.95. The van der Waals surface area contributed by atoms with Gasteiger partial charge in [0.15, 0.2) is 0 Å². The van der Waals surface area contributed by atoms with Gasteiger partial charge in [-0.25, -0.2) is 0 Å². The molecule has 0 saturated heterocycles. The molecule has 1 atom stereocenters. The molecule has 76 valence electrons. The first-order chi connectivity index (χ1) is 6.50. The van der Waals surface area contributed by atoms with E-state index in [4.69, 9.17) is 5.11 Å². The van der Waals surface area contributed by atoms with Crippen LogP contribution in [0.15, 0.2) is 18.2 Å². The highest BCUT2D eigenvalue weighted by atomic mass is 16.3. The fourth-order valence-corrected chi connectivity index (χ4v) is 1.41. The summed E-state index contributed by atoms with van der Waals surface area (Å²) in [6, 6.07) is 4.33. The Morgan fingerprint density at radius 1 is 1.07 bits per heavy atom. The average molecular weight is 190 g/mol. The number of aryl methyl sites for hydroxylation is 3. The molecule has 1 rings (SSSR count). The van der Waals surface area contributed by atoms with Gasteiger partial charge in [-0.2, -0.15) is 0 Å². The maximum absolute atomic E-state index is 9.14. The lowest BCUT2D eigenvalue weighted by atomic mass is 10.0. The van der Waals surface area contributed by atoms with Crippen LogP contribution in [0.1, 0.15) is 29.2 Å². The van der Waals surface area contributed by atoms with Crippen LogP contribution in [0.4, 0.5) is 0 Å². The molecule has 14 heavy (non-hydrogen) atoms. The third-order valence-corrected chi connectivity index (χ3v) is 2.44. The summed E-state index contributed by atoms with van der Waals surface area (Å²) in [5.41, 5.74) is 5.05. The summed E-state index contributed by atoms with van der Waals surface area (Å²) < 4.78 is 0. The van der Waals surface area contributed by atoms with Crippen molar-refractivity contribution in [1.82, 2.24) is 0 Å². The monoisotopic (exact) mass is 190 g/mol. The second-order valence-corrected chi connectivity index (χ2v) is 3.89. The Labute approximate surface area is 86.1 Å². The molecule has 0 aliphatic rings. The molecule has 1 N–H and O–H groups in total. The van der Waals surface area contributed by atoms with Gasteiger partial charge in [-0.15, -0.1) is 0 Å². The van der Waals surface area contributed by atoms with Crippen molar-refractivity contribution in [2.24, 2.45) is 0 Å². The number of hydrogen-bond acceptors (Lipinski definition) is 1. The zero-order chi connectivity index (χ0) is 10.7. The number of aliphatic hydroxyl groups excluding tert-OH is 1. The minimum atomic E-state index is -0.379. The molecule has 0 aromatic heterocycles. The van der Waals surface area contributed by atoms with Gasteiger partial charge in [0.05, 0.1) is 6.10 Å². The zero-order valence-corrected chi connectivity index (χ0v) is 9.33. The Balaban J connectivity index is 3.04. The predicted octanol–water partition coefficient (Wildman–Crippen LogP) is 3.01. The van der Waals surface area contributed by atoms with E-state index in [1.54, 1.807) is 13.0 Å². The number of benzene rings is 1. The Morgan fingerprint density at radius 2 is 1.64 bits per heavy atom. The fourth-order valence-electron chi connectivity index (χ4n) is 1.41. The number of hydrogen-bond donors (Lipinski definition) is 1. The minimum Gasteiger partial charge on any atom is -0.389 e. The molecule has 0 bridgehead atoms. The highest BCUT2D eigenvalue weighted by Crippen LogP contribution is 2.16. The summed E-state index contributed by atoms with van der Waals surface area (Å²) in [5.74, 6) is 0. The van der Waals surface area contributed by atoms with Crippen molar-refractivity contribution >= 4 is 6.08 Å². The fraction of sp³-hybridized carbons (Fsp3) is 0.385. The van der Waals surface area contributed by atoms with Crippen LogP contribution in [-0.4, -0.2) is 11.2 Å². The van der Waals surface area contributed by atoms with Crippen LogP contribution in [0.2, 0.25) is 0 Å². The third-order valence-electron chi connectivity index (χ3n) is 2.44. The zero-order valence-electron chi connectivity index (χ0n) is 9.33. The normalized spacial score (nSPS) is 13.5. The number of rotatable bonds is 2. The second-order valence-electron chi connectivity index (χ2n) is 3.89. The van der Waals surface area contributed by atoms with Gasteiger partial charge >= 0.3 is 0 Å². The van der Waals surface area contributed by atoms with Gasteiger partial charge in [-0.05, 0) is 49.9 Å². The van der Waals surface area contributed by atoms with E-state index in [1.807, 2.05) is 6.08 Å². The van der Waals surface area contributed by atoms with E-state index in [0.29, 0.717) is 0 Å². The highest BCUT2D eigenvalue weighted by molar-refractivity contribution is 5.56. The van der Waals surface area contributed by atoms with Gasteiger partial charge in [0.25, 0.3) is 0 Å². The standard InChI is InChI=1S/C13H18O/c1-9-7-11(3)13(8-10(9)2)6-5-12(4)14/h5-8,12,14H,1-4H3/b6-5+. The highest BCUT2D eigenvalue weighted by Gasteiger charge is 1.98. The van der Waals surface area contributed by atoms with Gasteiger partial charge in [-0.1, -0.05) is 24.3 Å². The van der Waals surface area contributed by atoms with Gasteiger partial charge < -0.3 is 5.11 Å². The smallest absolute Gasteiger partial charge is 0.0696 e. The van der Waals surface area contributed by atoms with Gasteiger partial charge in [-0.3, -0.25) is 0 Å². The molecule has 0 amide bonds. The van der Waals surface area contributed by atoms with Crippen LogP contribution >= 0.6 is 0 Å². The van der Waals surface area contributed by atoms with Crippen LogP contribution in [0.5, 0.6) is 0 Å². The molecular formula is C13H18O. The largest absolute Gasteiger partial charge is 0.389 e. The van der Waals surface area contributed by atoms with Crippen LogP contribution in [-0.2, 0) is 0 Å². The van der Waals surface area contributed by atoms with Gasteiger partial charge in [0.2, 0.25) is 0 Å². The van der Waals surface area contributed by atoms with E-state index >= 15 is 0 Å². The van der Waals surface area contributed by atoms with Crippen LogP contribution < -0.4 is 0 Å². The summed E-state index contributed by atoms with van der Waals surface area (Å²) in [6.45, 7) is 8.07. The van der Waals surface area contributed by atoms with E-state index in [1.165, 1.54) is 22.3 Å². The van der Waals surface area contributed by atoms with Crippen molar-refractivity contribution in [3.63, 3.8) is 0 Å². The van der Waals surface area contributed by atoms with E-state index < -0.39 is 0 Å². The SMILES string of the molecule is Cc1cc(C)c(/C=C/C(C)O)cc1C. The lowest BCUT2D eigenvalue weighted by Crippen LogP contribution is -1.93. The van der Waals surface area contributed by atoms with Crippen molar-refractivity contribution in [3.8, 4) is 0 Å². The molecular weight excluding hydrogens is 172 g/mol. The van der Waals surface area contributed by atoms with Crippen LogP contribution in [0.25, 0.3) is 6.08 Å². The lowest BCUT2D eigenvalue weighted by Gasteiger charge is -2.06. The van der Waals surface area contributed by atoms with Crippen molar-refractivity contribution in [3.05, 3.63) is 40.5 Å². The third kappa shape index (κ3) is 2.71. The van der Waals surface area contributed by atoms with Crippen molar-refractivity contribution in [2.45, 2.75) is 33.8 Å². The quantitative estimate of drug-likeness (QED) is 0.760. The van der Waals surface area contributed by atoms with Crippen molar-refractivity contribution in [2.75, 3.05) is 0 Å². The summed E-state index contributed by atoms with van der Waals surface area (Å²) in [5, 5.41) is 9.14. The summed E-state index contributed by atoms with van der Waals surface area (Å²) in [7, 11) is 0. The van der Waals surface area contributed by atoms with Crippen molar-refractivity contribution in [1.29, 1.82) is 0 Å². The first kappa shape index (κ1) is 11.0. The first-order valence-electron chi connectivity index (χ1n) is 4.95. The molecule has 1 aromatic carbocycles. The van der Waals surface area contributed by atoms with E-state index in [2.05, 4.69) is 32.9 Å². The lowest BCUT2D eigenvalue weighted by molar-refractivity contribution is 0.245. The molecule has 0 aliphatic carbocycles. The Bertz CT molecular complexity index is 348. The molecule has 0 radical (unpaired) electrons. The molecule has 1 aromatic rings. The maximum Gasteiger partial charge on any atom is 0.0696 e. The summed E-state index contributed by atoms with van der Waals surface area (Å²) >= 11 is 0. The Kier molecular flexibility index (Phi) is 3.48. The van der Waals surface area contributed by atoms with E-state index in [9.17, 15) is 0 Å². The second kappa shape index (κ2) is 4.43. The molecule has 0 aliphatic heterocycles. The molecule has 0 heterocycles. The van der Waals surface area contributed by atoms with Gasteiger partial charge in [0, 0.05) is 0 Å². The van der Waals surface area contributed by atoms with Crippen LogP contribution in [0, 0.1) is 20.8 Å². The molecule has 1 unspecified atom stereocenters. The predicted molar refractivity (Wildman–Crippen MR) is 61.4 cm³/mol. The summed E-state index contributed by atoms with van der Waals surface area (Å²) in [4.78, 5) is 0. The van der Waals surface area contributed by atoms with Crippen molar-refractivity contribution < 1.29 is 5.11 Å². The minimum absolute atomic E-state index is 0.379. The Hall–Kier alpha value is -1.08. The molecule has 1 heteroatoms. The average Bonchev–Trinajstić information content (AvgIpc) is 2.09. The maximum atomic E-state index is 9.14. The summed E-state index contributed by atoms with van der Waals surface area (Å²) in [6.07, 6.45) is 3.40. The molecule has 0 fully saturated rings. The van der Waals surface area contributed by atoms with Gasteiger partial charge in [0.1, 0.15) is 0 Å². The molecule has 0 spiro atoms. The Morgan fingerprint density at radius 3 is 2.21 bits per heavy atom. The topological polar surface area (TPSA) is 20.2 Å². The van der Waals surface area contributed by atoms with E-state index in [0.717, 1.165) is 0 Å². The molecule has 1 nitrogen and oxygen atoms in total. The molecule has 0 saturated carbocycles. The number of aliphatic hydroxyl groups is 1.